The van der Waals surface area contributed by atoms with Crippen molar-refractivity contribution in [1.82, 2.24) is 14.6 Å². The summed E-state index contributed by atoms with van der Waals surface area (Å²) >= 11 is 0. The lowest BCUT2D eigenvalue weighted by Crippen LogP contribution is -2.32. The van der Waals surface area contributed by atoms with Crippen LogP contribution in [0.25, 0.3) is 0 Å². The van der Waals surface area contributed by atoms with Crippen molar-refractivity contribution in [2.45, 2.75) is 51.1 Å². The first-order valence-electron chi connectivity index (χ1n) is 6.79. The molecule has 0 aliphatic carbocycles. The van der Waals surface area contributed by atoms with E-state index >= 15 is 0 Å². The van der Waals surface area contributed by atoms with Gasteiger partial charge in [0.25, 0.3) is 0 Å². The Balaban J connectivity index is 2.84. The molecule has 0 aromatic carbocycles. The normalized spacial score (nSPS) is 13.7. The van der Waals surface area contributed by atoms with Gasteiger partial charge in [-0.1, -0.05) is 20.3 Å². The summed E-state index contributed by atoms with van der Waals surface area (Å²) < 4.78 is 29.0. The van der Waals surface area contributed by atoms with Crippen LogP contribution < -0.4 is 10.0 Å². The van der Waals surface area contributed by atoms with Crippen LogP contribution in [0, 0.1) is 0 Å². The minimum Gasteiger partial charge on any atom is -0.352 e. The second-order valence-corrected chi connectivity index (χ2v) is 6.58. The highest BCUT2D eigenvalue weighted by Gasteiger charge is 2.19. The molecule has 19 heavy (non-hydrogen) atoms. The van der Waals surface area contributed by atoms with Gasteiger partial charge in [0.2, 0.25) is 10.0 Å². The van der Waals surface area contributed by atoms with Crippen molar-refractivity contribution in [3.05, 3.63) is 18.0 Å². The van der Waals surface area contributed by atoms with E-state index in [1.54, 1.807) is 12.3 Å². The molecule has 1 unspecified atom stereocenters. The van der Waals surface area contributed by atoms with Crippen LogP contribution >= 0.6 is 0 Å². The van der Waals surface area contributed by atoms with Crippen LogP contribution in [0.4, 0.5) is 0 Å². The first-order valence-corrected chi connectivity index (χ1v) is 8.27. The first kappa shape index (κ1) is 16.2. The Kier molecular flexibility index (Phi) is 6.03. The number of nitrogens with one attached hydrogen (secondary N) is 2. The van der Waals surface area contributed by atoms with Gasteiger partial charge in [0, 0.05) is 31.5 Å². The molecule has 1 heterocycles. The molecular formula is C13H25N3O2S. The zero-order valence-corrected chi connectivity index (χ0v) is 13.0. The van der Waals surface area contributed by atoms with Gasteiger partial charge in [-0.2, -0.15) is 0 Å². The molecule has 1 aromatic rings. The monoisotopic (exact) mass is 287 g/mol. The third-order valence-electron chi connectivity index (χ3n) is 3.03. The molecule has 0 saturated heterocycles. The fourth-order valence-electron chi connectivity index (χ4n) is 1.98. The Hall–Kier alpha value is -0.850. The van der Waals surface area contributed by atoms with Gasteiger partial charge >= 0.3 is 0 Å². The molecule has 0 aliphatic heterocycles. The molecular weight excluding hydrogens is 262 g/mol. The second kappa shape index (κ2) is 7.07. The number of hydrogen-bond acceptors (Lipinski definition) is 3. The zero-order chi connectivity index (χ0) is 14.5. The van der Waals surface area contributed by atoms with E-state index in [1.807, 2.05) is 32.4 Å². The molecule has 1 atom stereocenters. The molecule has 2 N–H and O–H groups in total. The molecule has 1 rings (SSSR count). The number of rotatable bonds is 8. The highest BCUT2D eigenvalue weighted by Crippen LogP contribution is 2.14. The average Bonchev–Trinajstić information content (AvgIpc) is 2.68. The van der Waals surface area contributed by atoms with Crippen LogP contribution in [0.1, 0.15) is 39.3 Å². The van der Waals surface area contributed by atoms with Crippen molar-refractivity contribution in [3.63, 3.8) is 0 Å². The van der Waals surface area contributed by atoms with E-state index in [4.69, 9.17) is 0 Å². The van der Waals surface area contributed by atoms with E-state index < -0.39 is 10.0 Å². The maximum absolute atomic E-state index is 12.2. The molecule has 6 heteroatoms. The van der Waals surface area contributed by atoms with E-state index in [9.17, 15) is 8.42 Å². The fraction of sp³-hybridized carbons (Fsp3) is 0.692. The van der Waals surface area contributed by atoms with E-state index in [-0.39, 0.29) is 6.04 Å². The summed E-state index contributed by atoms with van der Waals surface area (Å²) in [7, 11) is -1.54. The van der Waals surface area contributed by atoms with Crippen molar-refractivity contribution >= 4 is 10.0 Å². The predicted octanol–water partition coefficient (Wildman–Crippen LogP) is 1.60. The predicted molar refractivity (Wildman–Crippen MR) is 77.5 cm³/mol. The number of nitrogens with zero attached hydrogens (tertiary/aromatic N) is 1. The number of aromatic nitrogens is 1. The minimum atomic E-state index is -3.41. The fourth-order valence-corrected chi connectivity index (χ4v) is 3.35. The summed E-state index contributed by atoms with van der Waals surface area (Å²) in [4.78, 5) is 0.339. The lowest BCUT2D eigenvalue weighted by Gasteiger charge is -2.11. The smallest absolute Gasteiger partial charge is 0.242 e. The van der Waals surface area contributed by atoms with Crippen LogP contribution in [-0.4, -0.2) is 25.6 Å². The third kappa shape index (κ3) is 4.63. The van der Waals surface area contributed by atoms with Gasteiger partial charge in [-0.25, -0.2) is 13.1 Å². The average molecular weight is 287 g/mol. The topological polar surface area (TPSA) is 63.1 Å². The van der Waals surface area contributed by atoms with Crippen LogP contribution in [-0.2, 0) is 23.6 Å². The number of sulfonamides is 1. The van der Waals surface area contributed by atoms with Gasteiger partial charge in [-0.15, -0.1) is 0 Å². The van der Waals surface area contributed by atoms with Crippen molar-refractivity contribution < 1.29 is 8.42 Å². The van der Waals surface area contributed by atoms with E-state index in [1.165, 1.54) is 0 Å². The third-order valence-corrected chi connectivity index (χ3v) is 4.58. The molecule has 0 fully saturated rings. The summed E-state index contributed by atoms with van der Waals surface area (Å²) in [5.41, 5.74) is 0.963. The van der Waals surface area contributed by atoms with Crippen LogP contribution in [0.5, 0.6) is 0 Å². The maximum Gasteiger partial charge on any atom is 0.242 e. The second-order valence-electron chi connectivity index (χ2n) is 4.87. The molecule has 0 bridgehead atoms. The minimum absolute atomic E-state index is 0.0348. The largest absolute Gasteiger partial charge is 0.352 e. The van der Waals surface area contributed by atoms with Gasteiger partial charge in [0.05, 0.1) is 4.90 Å². The zero-order valence-electron chi connectivity index (χ0n) is 12.2. The van der Waals surface area contributed by atoms with Crippen LogP contribution in [0.15, 0.2) is 17.2 Å². The summed E-state index contributed by atoms with van der Waals surface area (Å²) in [5.74, 6) is 0. The van der Waals surface area contributed by atoms with Gasteiger partial charge in [0.1, 0.15) is 0 Å². The Labute approximate surface area is 116 Å². The lowest BCUT2D eigenvalue weighted by atomic mass is 10.2. The highest BCUT2D eigenvalue weighted by atomic mass is 32.2. The van der Waals surface area contributed by atoms with Crippen molar-refractivity contribution in [2.75, 3.05) is 6.54 Å². The van der Waals surface area contributed by atoms with Gasteiger partial charge < -0.3 is 9.88 Å². The Morgan fingerprint density at radius 3 is 2.63 bits per heavy atom. The number of hydrogen-bond donors (Lipinski definition) is 2. The van der Waals surface area contributed by atoms with E-state index in [0.717, 1.165) is 25.1 Å². The Bertz CT molecular complexity index is 494. The lowest BCUT2D eigenvalue weighted by molar-refractivity contribution is 0.544. The van der Waals surface area contributed by atoms with Gasteiger partial charge in [0.15, 0.2) is 0 Å². The van der Waals surface area contributed by atoms with E-state index in [2.05, 4.69) is 10.0 Å². The summed E-state index contributed by atoms with van der Waals surface area (Å²) in [6.45, 7) is 7.49. The van der Waals surface area contributed by atoms with Crippen molar-refractivity contribution in [1.29, 1.82) is 0 Å². The molecule has 5 nitrogen and oxygen atoms in total. The molecule has 0 aliphatic rings. The molecule has 0 saturated carbocycles. The van der Waals surface area contributed by atoms with Crippen LogP contribution in [0.2, 0.25) is 0 Å². The van der Waals surface area contributed by atoms with Crippen molar-refractivity contribution in [3.8, 4) is 0 Å². The molecule has 1 aromatic heterocycles. The highest BCUT2D eigenvalue weighted by molar-refractivity contribution is 7.89. The molecule has 0 amide bonds. The standard InChI is InChI=1S/C13H25N3O2S/c1-5-7-11(3)15-19(17,18)13-8-12(9-14-6-2)16(4)10-13/h8,10-11,14-15H,5-7,9H2,1-4H3. The Morgan fingerprint density at radius 1 is 1.37 bits per heavy atom. The summed E-state index contributed by atoms with van der Waals surface area (Å²) in [6.07, 6.45) is 3.47. The molecule has 0 radical (unpaired) electrons. The summed E-state index contributed by atoms with van der Waals surface area (Å²) in [6, 6.07) is 1.69. The summed E-state index contributed by atoms with van der Waals surface area (Å²) in [5, 5.41) is 3.20. The quantitative estimate of drug-likeness (QED) is 0.763. The molecule has 110 valence electrons. The van der Waals surface area contributed by atoms with Gasteiger partial charge in [-0.3, -0.25) is 0 Å². The number of aryl methyl sites for hydroxylation is 1. The van der Waals surface area contributed by atoms with Crippen molar-refractivity contribution in [2.24, 2.45) is 7.05 Å². The SMILES string of the molecule is CCCC(C)NS(=O)(=O)c1cc(CNCC)n(C)c1. The van der Waals surface area contributed by atoms with Crippen LogP contribution in [0.3, 0.4) is 0 Å². The Morgan fingerprint density at radius 2 is 2.05 bits per heavy atom. The van der Waals surface area contributed by atoms with E-state index in [0.29, 0.717) is 11.4 Å². The molecule has 0 spiro atoms. The maximum atomic E-state index is 12.2. The van der Waals surface area contributed by atoms with Gasteiger partial charge in [-0.05, 0) is 26.0 Å². The first-order chi connectivity index (χ1) is 8.90.